The number of amides is 1. The Morgan fingerprint density at radius 2 is 1.67 bits per heavy atom. The van der Waals surface area contributed by atoms with E-state index in [1.165, 1.54) is 28.6 Å². The molecule has 0 spiro atoms. The van der Waals surface area contributed by atoms with Crippen LogP contribution in [0.15, 0.2) is 57.9 Å². The molecule has 0 atom stereocenters. The predicted molar refractivity (Wildman–Crippen MR) is 123 cm³/mol. The van der Waals surface area contributed by atoms with E-state index in [0.717, 1.165) is 5.56 Å². The highest BCUT2D eigenvalue weighted by molar-refractivity contribution is 7.89. The summed E-state index contributed by atoms with van der Waals surface area (Å²) in [5, 5.41) is 6.75. The van der Waals surface area contributed by atoms with Gasteiger partial charge >= 0.3 is 0 Å². The summed E-state index contributed by atoms with van der Waals surface area (Å²) in [6.07, 6.45) is 0. The fourth-order valence-electron chi connectivity index (χ4n) is 3.28. The van der Waals surface area contributed by atoms with Crippen molar-refractivity contribution in [3.63, 3.8) is 0 Å². The van der Waals surface area contributed by atoms with Crippen molar-refractivity contribution >= 4 is 15.9 Å². The maximum absolute atomic E-state index is 12.6. The molecule has 33 heavy (non-hydrogen) atoms. The highest BCUT2D eigenvalue weighted by Gasteiger charge is 2.21. The van der Waals surface area contributed by atoms with Gasteiger partial charge in [0.15, 0.2) is 17.3 Å². The maximum atomic E-state index is 12.6. The molecule has 1 heterocycles. The molecular formula is C23H27N3O6S. The third-order valence-electron chi connectivity index (χ3n) is 5.12. The molecular weight excluding hydrogens is 446 g/mol. The Bertz CT molecular complexity index is 1200. The topological polar surface area (TPSA) is 111 Å². The SMILES string of the molecule is CCN(CC)S(=O)(=O)c1ccc(C(=O)NCc2cc(-c3ccc(OC)c(OC)c3)on2)cc1. The van der Waals surface area contributed by atoms with Gasteiger partial charge in [-0.05, 0) is 42.5 Å². The van der Waals surface area contributed by atoms with E-state index in [1.807, 2.05) is 6.07 Å². The lowest BCUT2D eigenvalue weighted by Crippen LogP contribution is -2.30. The van der Waals surface area contributed by atoms with Crippen LogP contribution in [0.5, 0.6) is 11.5 Å². The first-order valence-corrected chi connectivity index (χ1v) is 11.8. The summed E-state index contributed by atoms with van der Waals surface area (Å²) in [6.45, 7) is 4.47. The molecule has 176 valence electrons. The average Bonchev–Trinajstić information content (AvgIpc) is 3.31. The molecule has 0 bridgehead atoms. The van der Waals surface area contributed by atoms with Gasteiger partial charge in [-0.25, -0.2) is 8.42 Å². The van der Waals surface area contributed by atoms with Crippen molar-refractivity contribution in [2.45, 2.75) is 25.3 Å². The van der Waals surface area contributed by atoms with Gasteiger partial charge in [0.25, 0.3) is 5.91 Å². The number of carbonyl (C=O) groups excluding carboxylic acids is 1. The lowest BCUT2D eigenvalue weighted by Gasteiger charge is -2.18. The van der Waals surface area contributed by atoms with Gasteiger partial charge in [0.05, 0.1) is 25.7 Å². The smallest absolute Gasteiger partial charge is 0.251 e. The Hall–Kier alpha value is -3.37. The monoisotopic (exact) mass is 473 g/mol. The molecule has 0 unspecified atom stereocenters. The number of carbonyl (C=O) groups is 1. The first-order chi connectivity index (χ1) is 15.8. The molecule has 0 fully saturated rings. The van der Waals surface area contributed by atoms with Crippen molar-refractivity contribution < 1.29 is 27.2 Å². The van der Waals surface area contributed by atoms with Crippen LogP contribution < -0.4 is 14.8 Å². The summed E-state index contributed by atoms with van der Waals surface area (Å²) in [7, 11) is -0.460. The van der Waals surface area contributed by atoms with Crippen LogP contribution in [-0.4, -0.2) is 51.1 Å². The van der Waals surface area contributed by atoms with E-state index in [0.29, 0.717) is 41.6 Å². The van der Waals surface area contributed by atoms with Crippen molar-refractivity contribution in [2.75, 3.05) is 27.3 Å². The van der Waals surface area contributed by atoms with Crippen molar-refractivity contribution in [2.24, 2.45) is 0 Å². The third kappa shape index (κ3) is 5.35. The quantitative estimate of drug-likeness (QED) is 0.481. The van der Waals surface area contributed by atoms with Crippen molar-refractivity contribution in [3.8, 4) is 22.8 Å². The Morgan fingerprint density at radius 3 is 2.27 bits per heavy atom. The van der Waals surface area contributed by atoms with Crippen LogP contribution in [0.4, 0.5) is 0 Å². The zero-order valence-electron chi connectivity index (χ0n) is 19.0. The Kier molecular flexibility index (Phi) is 7.72. The van der Waals surface area contributed by atoms with E-state index in [4.69, 9.17) is 14.0 Å². The fourth-order valence-corrected chi connectivity index (χ4v) is 4.74. The van der Waals surface area contributed by atoms with Gasteiger partial charge < -0.3 is 19.3 Å². The first-order valence-electron chi connectivity index (χ1n) is 10.4. The molecule has 9 nitrogen and oxygen atoms in total. The molecule has 0 aliphatic heterocycles. The molecule has 2 aromatic carbocycles. The van der Waals surface area contributed by atoms with E-state index >= 15 is 0 Å². The Labute approximate surface area is 193 Å². The molecule has 0 saturated heterocycles. The van der Waals surface area contributed by atoms with Gasteiger partial charge in [-0.2, -0.15) is 4.31 Å². The van der Waals surface area contributed by atoms with Crippen LogP contribution in [0, 0.1) is 0 Å². The molecule has 0 aliphatic carbocycles. The van der Waals surface area contributed by atoms with Crippen LogP contribution >= 0.6 is 0 Å². The van der Waals surface area contributed by atoms with Crippen molar-refractivity contribution in [3.05, 3.63) is 59.8 Å². The number of nitrogens with one attached hydrogen (secondary N) is 1. The van der Waals surface area contributed by atoms with Crippen LogP contribution in [0.2, 0.25) is 0 Å². The lowest BCUT2D eigenvalue weighted by atomic mass is 10.1. The zero-order chi connectivity index (χ0) is 24.0. The Balaban J connectivity index is 1.66. The maximum Gasteiger partial charge on any atom is 0.251 e. The van der Waals surface area contributed by atoms with E-state index in [9.17, 15) is 13.2 Å². The summed E-state index contributed by atoms with van der Waals surface area (Å²) < 4.78 is 42.4. The number of benzene rings is 2. The van der Waals surface area contributed by atoms with Gasteiger partial charge in [-0.1, -0.05) is 19.0 Å². The Morgan fingerprint density at radius 1 is 1.00 bits per heavy atom. The third-order valence-corrected chi connectivity index (χ3v) is 7.18. The van der Waals surface area contributed by atoms with Gasteiger partial charge in [0.1, 0.15) is 5.69 Å². The fraction of sp³-hybridized carbons (Fsp3) is 0.304. The standard InChI is InChI=1S/C23H27N3O6S/c1-5-26(6-2)33(28,29)19-10-7-16(8-11-19)23(27)24-15-18-14-21(32-25-18)17-9-12-20(30-3)22(13-17)31-4/h7-14H,5-6,15H2,1-4H3,(H,24,27). The summed E-state index contributed by atoms with van der Waals surface area (Å²) >= 11 is 0. The van der Waals surface area contributed by atoms with E-state index in [1.54, 1.807) is 46.3 Å². The van der Waals surface area contributed by atoms with Crippen molar-refractivity contribution in [1.82, 2.24) is 14.8 Å². The largest absolute Gasteiger partial charge is 0.493 e. The summed E-state index contributed by atoms with van der Waals surface area (Å²) in [6, 6.07) is 12.9. The highest BCUT2D eigenvalue weighted by Crippen LogP contribution is 2.32. The first kappa shape index (κ1) is 24.3. The number of aromatic nitrogens is 1. The number of rotatable bonds is 10. The molecule has 1 amide bonds. The molecule has 10 heteroatoms. The summed E-state index contributed by atoms with van der Waals surface area (Å²) in [5.41, 5.74) is 1.63. The second-order valence-electron chi connectivity index (χ2n) is 7.05. The number of sulfonamides is 1. The summed E-state index contributed by atoms with van der Waals surface area (Å²) in [4.78, 5) is 12.6. The van der Waals surface area contributed by atoms with Crippen molar-refractivity contribution in [1.29, 1.82) is 0 Å². The normalized spacial score (nSPS) is 11.4. The second-order valence-corrected chi connectivity index (χ2v) is 8.99. The van der Waals surface area contributed by atoms with E-state index in [2.05, 4.69) is 10.5 Å². The second kappa shape index (κ2) is 10.5. The van der Waals surface area contributed by atoms with Gasteiger partial charge in [-0.3, -0.25) is 4.79 Å². The van der Waals surface area contributed by atoms with Gasteiger partial charge in [0, 0.05) is 30.3 Å². The van der Waals surface area contributed by atoms with E-state index < -0.39 is 10.0 Å². The number of hydrogen-bond acceptors (Lipinski definition) is 7. The molecule has 1 N–H and O–H groups in total. The number of hydrogen-bond donors (Lipinski definition) is 1. The molecule has 3 rings (SSSR count). The van der Waals surface area contributed by atoms with Crippen LogP contribution in [0.25, 0.3) is 11.3 Å². The van der Waals surface area contributed by atoms with E-state index in [-0.39, 0.29) is 17.3 Å². The minimum Gasteiger partial charge on any atom is -0.493 e. The lowest BCUT2D eigenvalue weighted by molar-refractivity contribution is 0.0950. The van der Waals surface area contributed by atoms with Crippen LogP contribution in [0.1, 0.15) is 29.9 Å². The average molecular weight is 474 g/mol. The van der Waals surface area contributed by atoms with Gasteiger partial charge in [0.2, 0.25) is 10.0 Å². The molecule has 0 saturated carbocycles. The zero-order valence-corrected chi connectivity index (χ0v) is 19.8. The predicted octanol–water partition coefficient (Wildman–Crippen LogP) is 3.32. The number of ether oxygens (including phenoxy) is 2. The molecule has 0 radical (unpaired) electrons. The molecule has 3 aromatic rings. The molecule has 0 aliphatic rings. The van der Waals surface area contributed by atoms with Gasteiger partial charge in [-0.15, -0.1) is 0 Å². The van der Waals surface area contributed by atoms with Crippen LogP contribution in [0.3, 0.4) is 0 Å². The highest BCUT2D eigenvalue weighted by atomic mass is 32.2. The number of nitrogens with zero attached hydrogens (tertiary/aromatic N) is 2. The van der Waals surface area contributed by atoms with Crippen LogP contribution in [-0.2, 0) is 16.6 Å². The molecule has 1 aromatic heterocycles. The number of methoxy groups -OCH3 is 2. The summed E-state index contributed by atoms with van der Waals surface area (Å²) in [5.74, 6) is 1.33. The minimum absolute atomic E-state index is 0.148. The minimum atomic E-state index is -3.57.